The summed E-state index contributed by atoms with van der Waals surface area (Å²) in [7, 11) is 3.10. The number of nitrogens with zero attached hydrogens (tertiary/aromatic N) is 1. The lowest BCUT2D eigenvalue weighted by atomic mass is 10.1. The molecule has 0 atom stereocenters. The van der Waals surface area contributed by atoms with Gasteiger partial charge in [-0.05, 0) is 51.1 Å². The van der Waals surface area contributed by atoms with Gasteiger partial charge in [0, 0.05) is 5.56 Å². The second-order valence-corrected chi connectivity index (χ2v) is 6.85. The lowest BCUT2D eigenvalue weighted by Crippen LogP contribution is -2.07. The zero-order valence-electron chi connectivity index (χ0n) is 17.8. The van der Waals surface area contributed by atoms with Crippen LogP contribution >= 0.6 is 0 Å². The highest BCUT2D eigenvalue weighted by atomic mass is 16.5. The van der Waals surface area contributed by atoms with Crippen LogP contribution in [0.15, 0.2) is 40.9 Å². The van der Waals surface area contributed by atoms with Crippen molar-refractivity contribution in [2.75, 3.05) is 14.2 Å². The summed E-state index contributed by atoms with van der Waals surface area (Å²) in [5, 5.41) is 3.92. The number of benzene rings is 2. The summed E-state index contributed by atoms with van der Waals surface area (Å²) in [6.45, 7) is 6.05. The lowest BCUT2D eigenvalue weighted by Gasteiger charge is -2.13. The van der Waals surface area contributed by atoms with Crippen LogP contribution in [0, 0.1) is 20.8 Å². The Morgan fingerprint density at radius 1 is 0.933 bits per heavy atom. The minimum absolute atomic E-state index is 0.107. The number of esters is 1. The molecular formula is C23H25NO6. The maximum absolute atomic E-state index is 12.5. The van der Waals surface area contributed by atoms with Gasteiger partial charge in [0.05, 0.1) is 31.0 Å². The van der Waals surface area contributed by atoms with E-state index in [0.717, 1.165) is 22.4 Å². The fourth-order valence-electron chi connectivity index (χ4n) is 3.02. The zero-order chi connectivity index (χ0) is 21.7. The first-order valence-corrected chi connectivity index (χ1v) is 9.46. The van der Waals surface area contributed by atoms with Crippen molar-refractivity contribution >= 4 is 5.97 Å². The van der Waals surface area contributed by atoms with E-state index < -0.39 is 5.97 Å². The topological polar surface area (TPSA) is 80.0 Å². The van der Waals surface area contributed by atoms with Gasteiger partial charge in [0.25, 0.3) is 0 Å². The molecule has 1 heterocycles. The minimum Gasteiger partial charge on any atom is -0.496 e. The van der Waals surface area contributed by atoms with Crippen molar-refractivity contribution in [2.24, 2.45) is 0 Å². The van der Waals surface area contributed by atoms with E-state index in [1.165, 1.54) is 7.11 Å². The van der Waals surface area contributed by atoms with Crippen molar-refractivity contribution in [1.29, 1.82) is 0 Å². The Bertz CT molecular complexity index is 1020. The summed E-state index contributed by atoms with van der Waals surface area (Å²) in [5.74, 6) is 1.86. The molecule has 0 amide bonds. The Morgan fingerprint density at radius 3 is 2.33 bits per heavy atom. The van der Waals surface area contributed by atoms with Gasteiger partial charge in [0.15, 0.2) is 11.5 Å². The molecule has 3 aromatic rings. The third-order valence-electron chi connectivity index (χ3n) is 4.75. The molecule has 1 aromatic heterocycles. The molecule has 0 radical (unpaired) electrons. The van der Waals surface area contributed by atoms with Crippen LogP contribution in [-0.2, 0) is 18.0 Å². The van der Waals surface area contributed by atoms with Crippen LogP contribution in [0.3, 0.4) is 0 Å². The molecule has 0 aliphatic heterocycles. The van der Waals surface area contributed by atoms with Gasteiger partial charge in [0.2, 0.25) is 0 Å². The summed E-state index contributed by atoms with van der Waals surface area (Å²) in [6.07, 6.45) is 0. The van der Waals surface area contributed by atoms with E-state index in [4.69, 9.17) is 23.5 Å². The van der Waals surface area contributed by atoms with Crippen molar-refractivity contribution in [3.8, 4) is 17.2 Å². The predicted molar refractivity (Wildman–Crippen MR) is 110 cm³/mol. The SMILES string of the molecule is COc1ccc(C)cc1COC(=O)c1ccc(OCc2c(C)noc2C)c(OC)c1. The summed E-state index contributed by atoms with van der Waals surface area (Å²) < 4.78 is 27.2. The monoisotopic (exact) mass is 411 g/mol. The number of aromatic nitrogens is 1. The highest BCUT2D eigenvalue weighted by molar-refractivity contribution is 5.90. The lowest BCUT2D eigenvalue weighted by molar-refractivity contribution is 0.0469. The smallest absolute Gasteiger partial charge is 0.338 e. The predicted octanol–water partition coefficient (Wildman–Crippen LogP) is 4.55. The number of hydrogen-bond donors (Lipinski definition) is 0. The molecule has 0 fully saturated rings. The molecule has 158 valence electrons. The normalized spacial score (nSPS) is 10.6. The summed E-state index contributed by atoms with van der Waals surface area (Å²) in [5.41, 5.74) is 3.88. The maximum Gasteiger partial charge on any atom is 0.338 e. The number of carbonyl (C=O) groups is 1. The third-order valence-corrected chi connectivity index (χ3v) is 4.75. The first kappa shape index (κ1) is 21.2. The van der Waals surface area contributed by atoms with Crippen molar-refractivity contribution in [1.82, 2.24) is 5.16 Å². The van der Waals surface area contributed by atoms with Crippen molar-refractivity contribution < 1.29 is 28.3 Å². The van der Waals surface area contributed by atoms with Crippen LogP contribution in [0.2, 0.25) is 0 Å². The Kier molecular flexibility index (Phi) is 6.61. The summed E-state index contributed by atoms with van der Waals surface area (Å²) in [4.78, 5) is 12.5. The van der Waals surface area contributed by atoms with Crippen molar-refractivity contribution in [2.45, 2.75) is 34.0 Å². The van der Waals surface area contributed by atoms with Gasteiger partial charge in [-0.1, -0.05) is 16.8 Å². The summed E-state index contributed by atoms with van der Waals surface area (Å²) in [6, 6.07) is 10.6. The Labute approximate surface area is 175 Å². The van der Waals surface area contributed by atoms with Crippen LogP contribution < -0.4 is 14.2 Å². The first-order chi connectivity index (χ1) is 14.4. The molecular weight excluding hydrogens is 386 g/mol. The molecule has 7 heteroatoms. The third kappa shape index (κ3) is 4.74. The van der Waals surface area contributed by atoms with Crippen molar-refractivity contribution in [3.05, 3.63) is 70.1 Å². The van der Waals surface area contributed by atoms with E-state index in [-0.39, 0.29) is 13.2 Å². The number of rotatable bonds is 8. The fourth-order valence-corrected chi connectivity index (χ4v) is 3.02. The molecule has 0 unspecified atom stereocenters. The van der Waals surface area contributed by atoms with Crippen LogP contribution in [-0.4, -0.2) is 25.3 Å². The number of aryl methyl sites for hydroxylation is 3. The van der Waals surface area contributed by atoms with Gasteiger partial charge in [0.1, 0.15) is 24.7 Å². The Hall–Kier alpha value is -3.48. The average molecular weight is 411 g/mol. The average Bonchev–Trinajstić information content (AvgIpc) is 3.07. The first-order valence-electron chi connectivity index (χ1n) is 9.46. The second kappa shape index (κ2) is 9.35. The number of carbonyl (C=O) groups excluding carboxylic acids is 1. The number of methoxy groups -OCH3 is 2. The van der Waals surface area contributed by atoms with Gasteiger partial charge < -0.3 is 23.5 Å². The molecule has 0 saturated carbocycles. The van der Waals surface area contributed by atoms with Gasteiger partial charge in [-0.3, -0.25) is 0 Å². The van der Waals surface area contributed by atoms with Gasteiger partial charge in [-0.15, -0.1) is 0 Å². The number of hydrogen-bond acceptors (Lipinski definition) is 7. The van der Waals surface area contributed by atoms with E-state index in [1.807, 2.05) is 39.0 Å². The van der Waals surface area contributed by atoms with E-state index in [2.05, 4.69) is 5.16 Å². The van der Waals surface area contributed by atoms with E-state index in [9.17, 15) is 4.79 Å². The van der Waals surface area contributed by atoms with Gasteiger partial charge in [-0.25, -0.2) is 4.79 Å². The molecule has 0 saturated heterocycles. The van der Waals surface area contributed by atoms with Gasteiger partial charge >= 0.3 is 5.97 Å². The molecule has 2 aromatic carbocycles. The van der Waals surface area contributed by atoms with Crippen LogP contribution in [0.4, 0.5) is 0 Å². The molecule has 0 aliphatic carbocycles. The molecule has 0 N–H and O–H groups in total. The molecule has 30 heavy (non-hydrogen) atoms. The number of ether oxygens (including phenoxy) is 4. The van der Waals surface area contributed by atoms with E-state index >= 15 is 0 Å². The molecule has 0 bridgehead atoms. The minimum atomic E-state index is -0.464. The molecule has 7 nitrogen and oxygen atoms in total. The highest BCUT2D eigenvalue weighted by Crippen LogP contribution is 2.30. The van der Waals surface area contributed by atoms with Crippen molar-refractivity contribution in [3.63, 3.8) is 0 Å². The van der Waals surface area contributed by atoms with Crippen LogP contribution in [0.5, 0.6) is 17.2 Å². The maximum atomic E-state index is 12.5. The summed E-state index contributed by atoms with van der Waals surface area (Å²) >= 11 is 0. The molecule has 0 spiro atoms. The quantitative estimate of drug-likeness (QED) is 0.503. The largest absolute Gasteiger partial charge is 0.496 e. The van der Waals surface area contributed by atoms with Gasteiger partial charge in [-0.2, -0.15) is 0 Å². The fraction of sp³-hybridized carbons (Fsp3) is 0.304. The molecule has 0 aliphatic rings. The van der Waals surface area contributed by atoms with Crippen LogP contribution in [0.25, 0.3) is 0 Å². The highest BCUT2D eigenvalue weighted by Gasteiger charge is 2.15. The van der Waals surface area contributed by atoms with Crippen LogP contribution in [0.1, 0.15) is 38.5 Å². The second-order valence-electron chi connectivity index (χ2n) is 6.85. The van der Waals surface area contributed by atoms with E-state index in [0.29, 0.717) is 28.6 Å². The van der Waals surface area contributed by atoms with E-state index in [1.54, 1.807) is 25.3 Å². The zero-order valence-corrected chi connectivity index (χ0v) is 17.8. The Morgan fingerprint density at radius 2 is 1.67 bits per heavy atom. The molecule has 3 rings (SSSR count). The standard InChI is InChI=1S/C23H25NO6/c1-14-6-8-20(26-4)18(10-14)12-29-23(25)17-7-9-21(22(11-17)27-5)28-13-19-15(2)24-30-16(19)3/h6-11H,12-13H2,1-5H3. The Balaban J connectivity index is 1.69.